The zero-order valence-electron chi connectivity index (χ0n) is 6.78. The second-order valence-corrected chi connectivity index (χ2v) is 6.78. The van der Waals surface area contributed by atoms with Gasteiger partial charge in [-0.25, -0.2) is 0 Å². The molecule has 2 saturated heterocycles. The van der Waals surface area contributed by atoms with E-state index in [0.29, 0.717) is 4.75 Å². The molecular formula is C9H12S2. The molecule has 0 aromatic heterocycles. The van der Waals surface area contributed by atoms with Crippen molar-refractivity contribution in [2.75, 3.05) is 0 Å². The summed E-state index contributed by atoms with van der Waals surface area (Å²) >= 11 is 4.35. The fraction of sp³-hybridized carbons (Fsp3) is 0.778. The number of hydrogen-bond donors (Lipinski definition) is 0. The quantitative estimate of drug-likeness (QED) is 0.454. The van der Waals surface area contributed by atoms with Crippen LogP contribution in [0.15, 0.2) is 12.2 Å². The van der Waals surface area contributed by atoms with E-state index >= 15 is 0 Å². The van der Waals surface area contributed by atoms with Crippen LogP contribution in [0, 0.1) is 5.92 Å². The minimum Gasteiger partial charge on any atom is -0.147 e. The molecule has 0 N–H and O–H groups in total. The number of thioether (sulfide) groups is 2. The fourth-order valence-electron chi connectivity index (χ4n) is 2.08. The van der Waals surface area contributed by atoms with Gasteiger partial charge in [0.15, 0.2) is 0 Å². The molecule has 0 amide bonds. The number of rotatable bonds is 1. The van der Waals surface area contributed by atoms with Gasteiger partial charge >= 0.3 is 0 Å². The van der Waals surface area contributed by atoms with E-state index in [2.05, 4.69) is 49.5 Å². The third-order valence-corrected chi connectivity index (χ3v) is 6.48. The van der Waals surface area contributed by atoms with Gasteiger partial charge in [0.2, 0.25) is 0 Å². The standard InChI is InChI=1S/C9H12S2/c1-5(2)9-4-3-6-7(10-6)8(9)11-9/h3-8H,1-2H3. The van der Waals surface area contributed by atoms with Gasteiger partial charge in [0.25, 0.3) is 0 Å². The fourth-order valence-corrected chi connectivity index (χ4v) is 5.28. The van der Waals surface area contributed by atoms with Crippen LogP contribution in [-0.2, 0) is 0 Å². The Morgan fingerprint density at radius 3 is 3.00 bits per heavy atom. The molecule has 2 heteroatoms. The van der Waals surface area contributed by atoms with Crippen molar-refractivity contribution in [3.05, 3.63) is 12.2 Å². The van der Waals surface area contributed by atoms with E-state index in [4.69, 9.17) is 0 Å². The maximum atomic E-state index is 2.48. The molecule has 60 valence electrons. The Kier molecular flexibility index (Phi) is 1.16. The van der Waals surface area contributed by atoms with Crippen LogP contribution in [0.2, 0.25) is 0 Å². The zero-order valence-corrected chi connectivity index (χ0v) is 8.41. The third-order valence-electron chi connectivity index (χ3n) is 3.03. The summed E-state index contributed by atoms with van der Waals surface area (Å²) in [5.41, 5.74) is 0. The van der Waals surface area contributed by atoms with E-state index in [1.165, 1.54) is 0 Å². The number of hydrogen-bond acceptors (Lipinski definition) is 2. The predicted octanol–water partition coefficient (Wildman–Crippen LogP) is 2.55. The van der Waals surface area contributed by atoms with Gasteiger partial charge in [-0.05, 0) is 5.92 Å². The van der Waals surface area contributed by atoms with Gasteiger partial charge in [-0.2, -0.15) is 0 Å². The van der Waals surface area contributed by atoms with E-state index in [1.54, 1.807) is 0 Å². The molecule has 2 aliphatic heterocycles. The number of fused-ring (bicyclic) bond motifs is 3. The maximum Gasteiger partial charge on any atom is 0.0496 e. The van der Waals surface area contributed by atoms with Crippen molar-refractivity contribution in [3.63, 3.8) is 0 Å². The highest BCUT2D eigenvalue weighted by Gasteiger charge is 2.67. The Bertz CT molecular complexity index is 234. The predicted molar refractivity (Wildman–Crippen MR) is 53.3 cm³/mol. The average molecular weight is 184 g/mol. The van der Waals surface area contributed by atoms with Gasteiger partial charge in [-0.15, -0.1) is 23.5 Å². The molecule has 0 spiro atoms. The average Bonchev–Trinajstić information content (AvgIpc) is 2.81. The minimum absolute atomic E-state index is 0.574. The second kappa shape index (κ2) is 1.85. The van der Waals surface area contributed by atoms with E-state index in [1.807, 2.05) is 0 Å². The highest BCUT2D eigenvalue weighted by molar-refractivity contribution is 8.13. The van der Waals surface area contributed by atoms with Crippen LogP contribution < -0.4 is 0 Å². The molecule has 2 heterocycles. The smallest absolute Gasteiger partial charge is 0.0496 e. The minimum atomic E-state index is 0.574. The summed E-state index contributed by atoms with van der Waals surface area (Å²) in [5, 5.41) is 2.87. The Morgan fingerprint density at radius 2 is 2.27 bits per heavy atom. The van der Waals surface area contributed by atoms with E-state index in [-0.39, 0.29) is 0 Å². The Labute approximate surface area is 76.2 Å². The molecule has 3 aliphatic rings. The molecule has 0 aromatic carbocycles. The van der Waals surface area contributed by atoms with Gasteiger partial charge in [-0.1, -0.05) is 26.0 Å². The molecule has 2 fully saturated rings. The monoisotopic (exact) mass is 184 g/mol. The summed E-state index contributed by atoms with van der Waals surface area (Å²) in [7, 11) is 0. The zero-order chi connectivity index (χ0) is 7.64. The first-order valence-corrected chi connectivity index (χ1v) is 6.09. The highest BCUT2D eigenvalue weighted by Crippen LogP contribution is 2.71. The van der Waals surface area contributed by atoms with Crippen LogP contribution in [0.3, 0.4) is 0 Å². The molecule has 0 bridgehead atoms. The van der Waals surface area contributed by atoms with Gasteiger partial charge in [0.1, 0.15) is 0 Å². The normalized spacial score (nSPS) is 57.2. The first-order valence-electron chi connectivity index (χ1n) is 4.27. The summed E-state index contributed by atoms with van der Waals surface area (Å²) in [6, 6.07) is 0. The summed E-state index contributed by atoms with van der Waals surface area (Å²) in [5.74, 6) is 0.830. The molecule has 0 saturated carbocycles. The van der Waals surface area contributed by atoms with Gasteiger partial charge in [0.05, 0.1) is 0 Å². The Balaban J connectivity index is 1.94. The van der Waals surface area contributed by atoms with Crippen LogP contribution in [0.4, 0.5) is 0 Å². The molecule has 0 nitrogen and oxygen atoms in total. The molecule has 3 rings (SSSR count). The summed E-state index contributed by atoms with van der Waals surface area (Å²) in [6.07, 6.45) is 4.92. The van der Waals surface area contributed by atoms with Crippen molar-refractivity contribution in [2.24, 2.45) is 5.92 Å². The molecule has 0 aromatic rings. The van der Waals surface area contributed by atoms with Crippen LogP contribution in [0.1, 0.15) is 13.8 Å². The molecular weight excluding hydrogens is 172 g/mol. The van der Waals surface area contributed by atoms with Crippen molar-refractivity contribution in [2.45, 2.75) is 34.3 Å². The summed E-state index contributed by atoms with van der Waals surface area (Å²) < 4.78 is 0.574. The van der Waals surface area contributed by atoms with E-state index in [0.717, 1.165) is 21.7 Å². The topological polar surface area (TPSA) is 0 Å². The lowest BCUT2D eigenvalue weighted by molar-refractivity contribution is 0.540. The van der Waals surface area contributed by atoms with Crippen molar-refractivity contribution < 1.29 is 0 Å². The van der Waals surface area contributed by atoms with E-state index in [9.17, 15) is 0 Å². The molecule has 1 aliphatic carbocycles. The van der Waals surface area contributed by atoms with Crippen molar-refractivity contribution >= 4 is 23.5 Å². The molecule has 4 atom stereocenters. The SMILES string of the molecule is CC(C)C12C=CC3SC3C1S2. The third kappa shape index (κ3) is 0.752. The van der Waals surface area contributed by atoms with Crippen molar-refractivity contribution in [1.29, 1.82) is 0 Å². The Hall–Kier alpha value is 0.440. The van der Waals surface area contributed by atoms with Crippen LogP contribution in [-0.4, -0.2) is 20.5 Å². The second-order valence-electron chi connectivity index (χ2n) is 3.97. The first kappa shape index (κ1) is 6.90. The molecule has 4 unspecified atom stereocenters. The van der Waals surface area contributed by atoms with Crippen molar-refractivity contribution in [1.82, 2.24) is 0 Å². The molecule has 11 heavy (non-hydrogen) atoms. The van der Waals surface area contributed by atoms with Crippen LogP contribution in [0.25, 0.3) is 0 Å². The lowest BCUT2D eigenvalue weighted by Gasteiger charge is -2.16. The van der Waals surface area contributed by atoms with Gasteiger partial charge in [-0.3, -0.25) is 0 Å². The molecule has 0 radical (unpaired) electrons. The van der Waals surface area contributed by atoms with Crippen LogP contribution >= 0.6 is 23.5 Å². The maximum absolute atomic E-state index is 2.48. The van der Waals surface area contributed by atoms with Gasteiger partial charge < -0.3 is 0 Å². The highest BCUT2D eigenvalue weighted by atomic mass is 32.2. The Morgan fingerprint density at radius 1 is 1.45 bits per heavy atom. The largest absolute Gasteiger partial charge is 0.147 e. The lowest BCUT2D eigenvalue weighted by atomic mass is 9.87. The lowest BCUT2D eigenvalue weighted by Crippen LogP contribution is -2.25. The van der Waals surface area contributed by atoms with E-state index < -0.39 is 0 Å². The van der Waals surface area contributed by atoms with Crippen LogP contribution in [0.5, 0.6) is 0 Å². The van der Waals surface area contributed by atoms with Gasteiger partial charge in [0, 0.05) is 20.5 Å². The summed E-state index contributed by atoms with van der Waals surface area (Å²) in [4.78, 5) is 0. The van der Waals surface area contributed by atoms with Crippen molar-refractivity contribution in [3.8, 4) is 0 Å². The first-order chi connectivity index (χ1) is 5.24. The summed E-state index contributed by atoms with van der Waals surface area (Å²) in [6.45, 7) is 4.70.